The number of benzene rings is 1. The molecule has 1 aromatic rings. The average molecular weight is 265 g/mol. The van der Waals surface area contributed by atoms with Crippen LogP contribution < -0.4 is 0 Å². The van der Waals surface area contributed by atoms with Crippen LogP contribution in [0.1, 0.15) is 23.2 Å². The summed E-state index contributed by atoms with van der Waals surface area (Å²) in [7, 11) is 1.73. The van der Waals surface area contributed by atoms with Gasteiger partial charge in [-0.2, -0.15) is 0 Å². The molecule has 19 heavy (non-hydrogen) atoms. The highest BCUT2D eigenvalue weighted by molar-refractivity contribution is 5.96. The van der Waals surface area contributed by atoms with Crippen LogP contribution in [0, 0.1) is 5.92 Å². The lowest BCUT2D eigenvalue weighted by atomic mass is 9.99. The molecule has 1 amide bonds. The van der Waals surface area contributed by atoms with Gasteiger partial charge in [0, 0.05) is 32.9 Å². The summed E-state index contributed by atoms with van der Waals surface area (Å²) in [4.78, 5) is 13.8. The molecule has 0 aromatic heterocycles. The Kier molecular flexibility index (Phi) is 4.27. The van der Waals surface area contributed by atoms with E-state index in [1.165, 1.54) is 18.2 Å². The zero-order chi connectivity index (χ0) is 13.8. The lowest BCUT2D eigenvalue weighted by Gasteiger charge is -2.27. The van der Waals surface area contributed by atoms with E-state index in [9.17, 15) is 15.0 Å². The van der Waals surface area contributed by atoms with Crippen LogP contribution in [0.3, 0.4) is 0 Å². The minimum Gasteiger partial charge on any atom is -0.508 e. The van der Waals surface area contributed by atoms with Crippen molar-refractivity contribution in [3.8, 4) is 11.5 Å². The molecular formula is C14H19NO4. The van der Waals surface area contributed by atoms with Crippen molar-refractivity contribution in [2.45, 2.75) is 12.8 Å². The zero-order valence-electron chi connectivity index (χ0n) is 11.0. The first kappa shape index (κ1) is 13.7. The third-order valence-corrected chi connectivity index (χ3v) is 3.43. The molecular weight excluding hydrogens is 246 g/mol. The lowest BCUT2D eigenvalue weighted by Crippen LogP contribution is -2.34. The van der Waals surface area contributed by atoms with Crippen LogP contribution in [0.15, 0.2) is 18.2 Å². The number of carbonyl (C=O) groups is 1. The first-order valence-electron chi connectivity index (χ1n) is 6.43. The number of amides is 1. The van der Waals surface area contributed by atoms with Crippen LogP contribution in [-0.4, -0.2) is 47.8 Å². The summed E-state index contributed by atoms with van der Waals surface area (Å²) in [5, 5.41) is 18.9. The summed E-state index contributed by atoms with van der Waals surface area (Å²) in [6.45, 7) is 2.15. The van der Waals surface area contributed by atoms with Crippen molar-refractivity contribution in [3.63, 3.8) is 0 Å². The van der Waals surface area contributed by atoms with E-state index in [0.717, 1.165) is 26.1 Å². The molecule has 1 heterocycles. The Balaban J connectivity index is 2.01. The molecule has 104 valence electrons. The molecule has 1 saturated heterocycles. The molecule has 0 aliphatic carbocycles. The molecule has 0 spiro atoms. The number of hydrogen-bond donors (Lipinski definition) is 2. The standard InChI is InChI=1S/C14H19NO4/c1-15(9-10-4-6-19-7-5-10)14(18)12-3-2-11(16)8-13(12)17/h2-3,8,10,16-17H,4-7,9H2,1H3. The summed E-state index contributed by atoms with van der Waals surface area (Å²) in [6.07, 6.45) is 1.92. The molecule has 2 rings (SSSR count). The lowest BCUT2D eigenvalue weighted by molar-refractivity contribution is 0.0496. The fourth-order valence-corrected chi connectivity index (χ4v) is 2.31. The van der Waals surface area contributed by atoms with Gasteiger partial charge in [0.25, 0.3) is 5.91 Å². The van der Waals surface area contributed by atoms with E-state index >= 15 is 0 Å². The Morgan fingerprint density at radius 3 is 2.68 bits per heavy atom. The normalized spacial score (nSPS) is 16.3. The van der Waals surface area contributed by atoms with Crippen LogP contribution in [0.2, 0.25) is 0 Å². The van der Waals surface area contributed by atoms with E-state index in [1.54, 1.807) is 11.9 Å². The number of rotatable bonds is 3. The molecule has 0 radical (unpaired) electrons. The fraction of sp³-hybridized carbons (Fsp3) is 0.500. The quantitative estimate of drug-likeness (QED) is 0.871. The van der Waals surface area contributed by atoms with Gasteiger partial charge in [-0.05, 0) is 30.9 Å². The molecule has 1 fully saturated rings. The molecule has 0 atom stereocenters. The summed E-state index contributed by atoms with van der Waals surface area (Å²) in [5.41, 5.74) is 0.215. The minimum absolute atomic E-state index is 0.0545. The molecule has 0 bridgehead atoms. The van der Waals surface area contributed by atoms with Gasteiger partial charge in [0.1, 0.15) is 11.5 Å². The topological polar surface area (TPSA) is 70.0 Å². The molecule has 5 heteroatoms. The molecule has 0 unspecified atom stereocenters. The van der Waals surface area contributed by atoms with Gasteiger partial charge in [-0.15, -0.1) is 0 Å². The highest BCUT2D eigenvalue weighted by atomic mass is 16.5. The van der Waals surface area contributed by atoms with Crippen LogP contribution in [0.4, 0.5) is 0 Å². The highest BCUT2D eigenvalue weighted by Crippen LogP contribution is 2.24. The smallest absolute Gasteiger partial charge is 0.257 e. The van der Waals surface area contributed by atoms with E-state index in [1.807, 2.05) is 0 Å². The van der Waals surface area contributed by atoms with Crippen LogP contribution in [-0.2, 0) is 4.74 Å². The van der Waals surface area contributed by atoms with E-state index in [4.69, 9.17) is 4.74 Å². The zero-order valence-corrected chi connectivity index (χ0v) is 11.0. The van der Waals surface area contributed by atoms with Crippen molar-refractivity contribution in [3.05, 3.63) is 23.8 Å². The first-order valence-corrected chi connectivity index (χ1v) is 6.43. The number of phenols is 2. The first-order chi connectivity index (χ1) is 9.08. The van der Waals surface area contributed by atoms with E-state index in [0.29, 0.717) is 12.5 Å². The number of ether oxygens (including phenoxy) is 1. The second-order valence-corrected chi connectivity index (χ2v) is 4.94. The van der Waals surface area contributed by atoms with Crippen molar-refractivity contribution < 1.29 is 19.7 Å². The number of phenolic OH excluding ortho intramolecular Hbond substituents is 2. The molecule has 0 saturated carbocycles. The van der Waals surface area contributed by atoms with Crippen LogP contribution >= 0.6 is 0 Å². The maximum Gasteiger partial charge on any atom is 0.257 e. The average Bonchev–Trinajstić information content (AvgIpc) is 2.39. The molecule has 2 N–H and O–H groups in total. The predicted octanol–water partition coefficient (Wildman–Crippen LogP) is 1.60. The summed E-state index contributed by atoms with van der Waals surface area (Å²) in [6, 6.07) is 4.01. The highest BCUT2D eigenvalue weighted by Gasteiger charge is 2.21. The third-order valence-electron chi connectivity index (χ3n) is 3.43. The van der Waals surface area contributed by atoms with Crippen LogP contribution in [0.5, 0.6) is 11.5 Å². The number of aromatic hydroxyl groups is 2. The van der Waals surface area contributed by atoms with Gasteiger partial charge in [0.2, 0.25) is 0 Å². The third kappa shape index (κ3) is 3.38. The predicted molar refractivity (Wildman–Crippen MR) is 70.3 cm³/mol. The van der Waals surface area contributed by atoms with Gasteiger partial charge < -0.3 is 19.8 Å². The van der Waals surface area contributed by atoms with E-state index in [-0.39, 0.29) is 23.0 Å². The maximum absolute atomic E-state index is 12.2. The van der Waals surface area contributed by atoms with E-state index in [2.05, 4.69) is 0 Å². The van der Waals surface area contributed by atoms with Gasteiger partial charge in [0.15, 0.2) is 0 Å². The monoisotopic (exact) mass is 265 g/mol. The summed E-state index contributed by atoms with van der Waals surface area (Å²) >= 11 is 0. The molecule has 5 nitrogen and oxygen atoms in total. The minimum atomic E-state index is -0.232. The second-order valence-electron chi connectivity index (χ2n) is 4.94. The van der Waals surface area contributed by atoms with Crippen molar-refractivity contribution in [2.75, 3.05) is 26.8 Å². The molecule has 1 aromatic carbocycles. The van der Waals surface area contributed by atoms with Crippen molar-refractivity contribution in [1.82, 2.24) is 4.90 Å². The number of nitrogens with zero attached hydrogens (tertiary/aromatic N) is 1. The second kappa shape index (κ2) is 5.93. The summed E-state index contributed by atoms with van der Waals surface area (Å²) in [5.74, 6) is -0.0316. The Morgan fingerprint density at radius 1 is 1.37 bits per heavy atom. The molecule has 1 aliphatic rings. The van der Waals surface area contributed by atoms with Crippen molar-refractivity contribution >= 4 is 5.91 Å². The summed E-state index contributed by atoms with van der Waals surface area (Å²) < 4.78 is 5.29. The maximum atomic E-state index is 12.2. The Morgan fingerprint density at radius 2 is 2.05 bits per heavy atom. The van der Waals surface area contributed by atoms with Gasteiger partial charge in [0.05, 0.1) is 5.56 Å². The Hall–Kier alpha value is -1.75. The number of carbonyl (C=O) groups excluding carboxylic acids is 1. The largest absolute Gasteiger partial charge is 0.508 e. The fourth-order valence-electron chi connectivity index (χ4n) is 2.31. The van der Waals surface area contributed by atoms with Gasteiger partial charge in [-0.3, -0.25) is 4.79 Å². The SMILES string of the molecule is CN(CC1CCOCC1)C(=O)c1ccc(O)cc1O. The van der Waals surface area contributed by atoms with Crippen molar-refractivity contribution in [2.24, 2.45) is 5.92 Å². The van der Waals surface area contributed by atoms with Gasteiger partial charge in [-0.25, -0.2) is 0 Å². The Labute approximate surface area is 112 Å². The van der Waals surface area contributed by atoms with E-state index < -0.39 is 0 Å². The number of hydrogen-bond acceptors (Lipinski definition) is 4. The Bertz CT molecular complexity index is 455. The van der Waals surface area contributed by atoms with Gasteiger partial charge >= 0.3 is 0 Å². The molecule has 1 aliphatic heterocycles. The van der Waals surface area contributed by atoms with Crippen molar-refractivity contribution in [1.29, 1.82) is 0 Å². The van der Waals surface area contributed by atoms with Gasteiger partial charge in [-0.1, -0.05) is 0 Å². The van der Waals surface area contributed by atoms with Crippen LogP contribution in [0.25, 0.3) is 0 Å².